The van der Waals surface area contributed by atoms with Crippen LogP contribution < -0.4 is 5.43 Å². The number of non-ortho nitro benzene ring substituents is 1. The van der Waals surface area contributed by atoms with E-state index in [-0.39, 0.29) is 18.0 Å². The maximum Gasteiger partial charge on any atom is 0.269 e. The fourth-order valence-corrected chi connectivity index (χ4v) is 1.83. The molecule has 6 heteroatoms. The van der Waals surface area contributed by atoms with Gasteiger partial charge >= 0.3 is 0 Å². The number of nitrogens with zero attached hydrogens (tertiary/aromatic N) is 2. The number of rotatable bonds is 6. The molecule has 1 amide bonds. The van der Waals surface area contributed by atoms with Crippen molar-refractivity contribution in [1.82, 2.24) is 5.43 Å². The van der Waals surface area contributed by atoms with E-state index in [0.717, 1.165) is 11.1 Å². The topological polar surface area (TPSA) is 84.6 Å². The highest BCUT2D eigenvalue weighted by molar-refractivity contribution is 5.82. The largest absolute Gasteiger partial charge is 0.273 e. The molecule has 0 unspecified atom stereocenters. The molecule has 0 saturated heterocycles. The number of carbonyl (C=O) groups excluding carboxylic acids is 1. The Hall–Kier alpha value is -3.28. The van der Waals surface area contributed by atoms with Crippen molar-refractivity contribution in [3.05, 3.63) is 81.9 Å². The molecule has 116 valence electrons. The molecule has 0 radical (unpaired) electrons. The number of hydrazone groups is 1. The summed E-state index contributed by atoms with van der Waals surface area (Å²) in [7, 11) is 0. The number of nitro benzene ring substituents is 1. The normalized spacial score (nSPS) is 11.0. The number of carbonyl (C=O) groups is 1. The van der Waals surface area contributed by atoms with Crippen LogP contribution in [0.25, 0.3) is 6.08 Å². The molecule has 0 aliphatic rings. The molecule has 1 N–H and O–H groups in total. The van der Waals surface area contributed by atoms with Gasteiger partial charge in [0.25, 0.3) is 5.69 Å². The number of nitro groups is 1. The molecule has 0 fully saturated rings. The molecule has 0 aliphatic heterocycles. The van der Waals surface area contributed by atoms with Crippen molar-refractivity contribution in [2.75, 3.05) is 0 Å². The zero-order chi connectivity index (χ0) is 16.5. The second kappa shape index (κ2) is 8.23. The Balaban J connectivity index is 1.79. The van der Waals surface area contributed by atoms with Gasteiger partial charge in [0.15, 0.2) is 0 Å². The van der Waals surface area contributed by atoms with Gasteiger partial charge in [0.1, 0.15) is 0 Å². The van der Waals surface area contributed by atoms with Gasteiger partial charge in [-0.05, 0) is 29.3 Å². The molecule has 0 aromatic heterocycles. The van der Waals surface area contributed by atoms with Gasteiger partial charge in [0.05, 0.1) is 11.3 Å². The summed E-state index contributed by atoms with van der Waals surface area (Å²) in [5, 5.41) is 14.3. The van der Waals surface area contributed by atoms with Gasteiger partial charge in [-0.1, -0.05) is 36.4 Å². The third-order valence-electron chi connectivity index (χ3n) is 2.95. The van der Waals surface area contributed by atoms with Crippen molar-refractivity contribution in [1.29, 1.82) is 0 Å². The summed E-state index contributed by atoms with van der Waals surface area (Å²) in [6.45, 7) is 0. The summed E-state index contributed by atoms with van der Waals surface area (Å²) < 4.78 is 0. The quantitative estimate of drug-likeness (QED) is 0.506. The van der Waals surface area contributed by atoms with Crippen molar-refractivity contribution in [3.8, 4) is 0 Å². The lowest BCUT2D eigenvalue weighted by Crippen LogP contribution is -2.19. The highest BCUT2D eigenvalue weighted by Crippen LogP contribution is 2.12. The van der Waals surface area contributed by atoms with Gasteiger partial charge in [-0.25, -0.2) is 5.43 Å². The Labute approximate surface area is 133 Å². The van der Waals surface area contributed by atoms with E-state index in [4.69, 9.17) is 0 Å². The van der Waals surface area contributed by atoms with Crippen LogP contribution in [0.2, 0.25) is 0 Å². The van der Waals surface area contributed by atoms with Crippen LogP contribution in [0.3, 0.4) is 0 Å². The Kier molecular flexibility index (Phi) is 5.76. The molecule has 2 rings (SSSR count). The molecule has 0 atom stereocenters. The van der Waals surface area contributed by atoms with E-state index < -0.39 is 4.92 Å². The highest BCUT2D eigenvalue weighted by atomic mass is 16.6. The molecule has 2 aromatic carbocycles. The lowest BCUT2D eigenvalue weighted by atomic mass is 10.1. The van der Waals surface area contributed by atoms with E-state index in [2.05, 4.69) is 10.5 Å². The van der Waals surface area contributed by atoms with E-state index in [1.807, 2.05) is 30.3 Å². The predicted molar refractivity (Wildman–Crippen MR) is 88.9 cm³/mol. The molecular formula is C17H15N3O3. The fraction of sp³-hybridized carbons (Fsp3) is 0.0588. The summed E-state index contributed by atoms with van der Waals surface area (Å²) in [5.41, 5.74) is 4.20. The van der Waals surface area contributed by atoms with Crippen molar-refractivity contribution in [2.24, 2.45) is 5.10 Å². The van der Waals surface area contributed by atoms with Crippen LogP contribution in [0.1, 0.15) is 11.1 Å². The zero-order valence-corrected chi connectivity index (χ0v) is 12.3. The third-order valence-corrected chi connectivity index (χ3v) is 2.95. The van der Waals surface area contributed by atoms with E-state index in [1.165, 1.54) is 18.3 Å². The summed E-state index contributed by atoms with van der Waals surface area (Å²) in [5.74, 6) is -0.198. The van der Waals surface area contributed by atoms with Crippen LogP contribution in [-0.2, 0) is 11.2 Å². The van der Waals surface area contributed by atoms with Crippen LogP contribution >= 0.6 is 0 Å². The lowest BCUT2D eigenvalue weighted by molar-refractivity contribution is -0.384. The van der Waals surface area contributed by atoms with Gasteiger partial charge in [0, 0.05) is 18.3 Å². The van der Waals surface area contributed by atoms with Gasteiger partial charge in [-0.3, -0.25) is 14.9 Å². The van der Waals surface area contributed by atoms with Crippen LogP contribution in [0.15, 0.2) is 65.8 Å². The van der Waals surface area contributed by atoms with Crippen molar-refractivity contribution in [3.63, 3.8) is 0 Å². The van der Waals surface area contributed by atoms with Crippen LogP contribution in [0.4, 0.5) is 5.69 Å². The molecule has 6 nitrogen and oxygen atoms in total. The number of hydrogen-bond donors (Lipinski definition) is 1. The molecule has 0 aliphatic carbocycles. The number of benzene rings is 2. The lowest BCUT2D eigenvalue weighted by Gasteiger charge is -1.99. The van der Waals surface area contributed by atoms with Crippen molar-refractivity contribution >= 4 is 23.9 Å². The molecule has 2 aromatic rings. The van der Waals surface area contributed by atoms with E-state index >= 15 is 0 Å². The zero-order valence-electron chi connectivity index (χ0n) is 12.3. The first-order chi connectivity index (χ1) is 11.1. The Morgan fingerprint density at radius 1 is 1.13 bits per heavy atom. The van der Waals surface area contributed by atoms with Crippen LogP contribution in [-0.4, -0.2) is 17.0 Å². The molecular weight excluding hydrogens is 294 g/mol. The maximum absolute atomic E-state index is 11.6. The SMILES string of the molecule is O=C(Cc1ccccc1)N/N=C\C=C\c1ccc([N+](=O)[O-])cc1. The van der Waals surface area contributed by atoms with Gasteiger partial charge in [0.2, 0.25) is 5.91 Å². The number of amides is 1. The standard InChI is InChI=1S/C17H15N3O3/c21-17(13-15-5-2-1-3-6-15)19-18-12-4-7-14-8-10-16(11-9-14)20(22)23/h1-12H,13H2,(H,19,21)/b7-4+,18-12-. The Bertz CT molecular complexity index is 723. The fourth-order valence-electron chi connectivity index (χ4n) is 1.83. The molecule has 0 saturated carbocycles. The summed E-state index contributed by atoms with van der Waals surface area (Å²) in [4.78, 5) is 21.7. The highest BCUT2D eigenvalue weighted by Gasteiger charge is 2.02. The van der Waals surface area contributed by atoms with Gasteiger partial charge < -0.3 is 0 Å². The molecule has 23 heavy (non-hydrogen) atoms. The minimum Gasteiger partial charge on any atom is -0.273 e. The summed E-state index contributed by atoms with van der Waals surface area (Å²) >= 11 is 0. The van der Waals surface area contributed by atoms with E-state index in [0.29, 0.717) is 0 Å². The molecule has 0 heterocycles. The third kappa shape index (κ3) is 5.55. The van der Waals surface area contributed by atoms with Crippen molar-refractivity contribution < 1.29 is 9.72 Å². The summed E-state index contributed by atoms with van der Waals surface area (Å²) in [6.07, 6.45) is 5.09. The minimum atomic E-state index is -0.447. The van der Waals surface area contributed by atoms with E-state index in [1.54, 1.807) is 24.3 Å². The van der Waals surface area contributed by atoms with Gasteiger partial charge in [-0.15, -0.1) is 0 Å². The van der Waals surface area contributed by atoms with Crippen LogP contribution in [0, 0.1) is 10.1 Å². The van der Waals surface area contributed by atoms with Crippen molar-refractivity contribution in [2.45, 2.75) is 6.42 Å². The average Bonchev–Trinajstić information content (AvgIpc) is 2.56. The Morgan fingerprint density at radius 2 is 1.83 bits per heavy atom. The number of nitrogens with one attached hydrogen (secondary N) is 1. The second-order valence-electron chi connectivity index (χ2n) is 4.68. The molecule has 0 spiro atoms. The van der Waals surface area contributed by atoms with Gasteiger partial charge in [-0.2, -0.15) is 5.10 Å². The monoisotopic (exact) mass is 309 g/mol. The minimum absolute atomic E-state index is 0.0454. The smallest absolute Gasteiger partial charge is 0.269 e. The second-order valence-corrected chi connectivity index (χ2v) is 4.68. The first-order valence-corrected chi connectivity index (χ1v) is 6.92. The first kappa shape index (κ1) is 16.1. The Morgan fingerprint density at radius 3 is 2.48 bits per heavy atom. The molecule has 0 bridgehead atoms. The first-order valence-electron chi connectivity index (χ1n) is 6.92. The van der Waals surface area contributed by atoms with Crippen LogP contribution in [0.5, 0.6) is 0 Å². The number of hydrogen-bond acceptors (Lipinski definition) is 4. The number of allylic oxidation sites excluding steroid dienone is 1. The summed E-state index contributed by atoms with van der Waals surface area (Å²) in [6, 6.07) is 15.5. The average molecular weight is 309 g/mol. The van der Waals surface area contributed by atoms with E-state index in [9.17, 15) is 14.9 Å². The maximum atomic E-state index is 11.6. The predicted octanol–water partition coefficient (Wildman–Crippen LogP) is 2.95.